The van der Waals surface area contributed by atoms with Crippen molar-refractivity contribution in [1.29, 1.82) is 0 Å². The third-order valence-corrected chi connectivity index (χ3v) is 8.88. The minimum Gasteiger partial charge on any atom is -0.265 e. The number of benzene rings is 3. The van der Waals surface area contributed by atoms with Crippen molar-refractivity contribution in [3.63, 3.8) is 0 Å². The summed E-state index contributed by atoms with van der Waals surface area (Å²) in [6, 6.07) is 30.3. The summed E-state index contributed by atoms with van der Waals surface area (Å²) in [7, 11) is 0. The normalized spacial score (nSPS) is 10.5. The van der Waals surface area contributed by atoms with Crippen molar-refractivity contribution in [3.8, 4) is 0 Å². The molecule has 0 amide bonds. The topological polar surface area (TPSA) is 85.7 Å². The van der Waals surface area contributed by atoms with Crippen LogP contribution in [0.15, 0.2) is 119 Å². The first-order valence-corrected chi connectivity index (χ1v) is 19.6. The minimum atomic E-state index is 0.450. The molecule has 0 aliphatic heterocycles. The van der Waals surface area contributed by atoms with E-state index < -0.39 is 0 Å². The molecule has 2 heterocycles. The molecule has 0 radical (unpaired) electrons. The quantitative estimate of drug-likeness (QED) is 0.165. The summed E-state index contributed by atoms with van der Waals surface area (Å²) in [5, 5.41) is 0. The van der Waals surface area contributed by atoms with Crippen LogP contribution in [0.3, 0.4) is 0 Å². The van der Waals surface area contributed by atoms with Crippen molar-refractivity contribution >= 4 is 17.1 Å². The minimum absolute atomic E-state index is 0.450. The van der Waals surface area contributed by atoms with Gasteiger partial charge >= 0.3 is 102 Å². The van der Waals surface area contributed by atoms with Gasteiger partial charge in [0.05, 0.1) is 0 Å². The fourth-order valence-electron chi connectivity index (χ4n) is 5.37. The molecule has 0 atom stereocenters. The number of aromatic nitrogens is 2. The van der Waals surface area contributed by atoms with Gasteiger partial charge in [-0.25, -0.2) is 0 Å². The summed E-state index contributed by atoms with van der Waals surface area (Å²) >= 11 is 1.24. The molecule has 0 spiro atoms. The van der Waals surface area contributed by atoms with Gasteiger partial charge in [0.2, 0.25) is 0 Å². The zero-order valence-electron chi connectivity index (χ0n) is 33.8. The van der Waals surface area contributed by atoms with E-state index in [0.717, 1.165) is 33.6 Å². The fourth-order valence-corrected chi connectivity index (χ4v) is 6.00. The number of nitrogens with one attached hydrogen (secondary N) is 2. The van der Waals surface area contributed by atoms with Gasteiger partial charge in [-0.3, -0.25) is 9.97 Å². The predicted molar refractivity (Wildman–Crippen MR) is 222 cm³/mol. The van der Waals surface area contributed by atoms with Crippen LogP contribution in [0.25, 0.3) is 11.5 Å². The molecule has 276 valence electrons. The summed E-state index contributed by atoms with van der Waals surface area (Å²) in [6.07, 6.45) is 7.00. The summed E-state index contributed by atoms with van der Waals surface area (Å²) in [5.41, 5.74) is 26.1. The third-order valence-electron chi connectivity index (χ3n) is 8.33. The Bertz CT molecular complexity index is 1460. The first-order chi connectivity index (χ1) is 24.6. The average Bonchev–Trinajstić information content (AvgIpc) is 3.13. The third kappa shape index (κ3) is 16.3. The van der Waals surface area contributed by atoms with E-state index in [1.54, 1.807) is 24.8 Å². The maximum Gasteiger partial charge on any atom is 0.0267 e. The first kappa shape index (κ1) is 46.3. The Morgan fingerprint density at radius 3 is 0.769 bits per heavy atom. The SMILES string of the molecule is CC(C)c1cccc(C(C)C)c1[NH-].CC(C)c1cccc(C(C)C)c1[NH-].CC(C)c1cccc(C(C)C)c1[N]=[Zr+2].c1ccncc1.c1ccncc1. The van der Waals surface area contributed by atoms with Crippen molar-refractivity contribution in [2.45, 2.75) is 119 Å². The number of pyridine rings is 2. The standard InChI is InChI=1S/2C12H18N.C12H17N.2C5H5N.Zr/c3*1-8(2)10-6-5-7-11(9(3)4)12(10)13;2*1-2-4-6-5-3-1;/h2*5-9,13H,1-4H3;5-9H,1-4H3;2*1-5H;/q2*-1;;;;+2. The van der Waals surface area contributed by atoms with Crippen LogP contribution in [-0.4, -0.2) is 9.97 Å². The Morgan fingerprint density at radius 2 is 0.615 bits per heavy atom. The predicted octanol–water partition coefficient (Wildman–Crippen LogP) is 15.7. The van der Waals surface area contributed by atoms with Crippen LogP contribution in [0.4, 0.5) is 17.1 Å². The summed E-state index contributed by atoms with van der Waals surface area (Å²) in [4.78, 5) is 7.57. The maximum absolute atomic E-state index is 8.01. The molecule has 3 aromatic carbocycles. The van der Waals surface area contributed by atoms with E-state index >= 15 is 0 Å². The van der Waals surface area contributed by atoms with Crippen LogP contribution in [0, 0.1) is 0 Å². The molecule has 52 heavy (non-hydrogen) atoms. The van der Waals surface area contributed by atoms with Crippen LogP contribution in [-0.2, 0) is 24.6 Å². The number of hydrogen-bond donors (Lipinski definition) is 0. The van der Waals surface area contributed by atoms with E-state index in [9.17, 15) is 0 Å². The van der Waals surface area contributed by atoms with Crippen molar-refractivity contribution in [3.05, 3.63) is 161 Å². The molecule has 0 fully saturated rings. The van der Waals surface area contributed by atoms with Gasteiger partial charge in [0, 0.05) is 24.8 Å². The van der Waals surface area contributed by atoms with Crippen LogP contribution in [0.5, 0.6) is 0 Å². The van der Waals surface area contributed by atoms with Crippen molar-refractivity contribution < 1.29 is 24.6 Å². The van der Waals surface area contributed by atoms with Crippen molar-refractivity contribution in [1.82, 2.24) is 9.97 Å². The second kappa shape index (κ2) is 25.3. The monoisotopic (exact) mass is 775 g/mol. The summed E-state index contributed by atoms with van der Waals surface area (Å²) in [6.45, 7) is 26.0. The molecule has 0 saturated heterocycles. The van der Waals surface area contributed by atoms with Gasteiger partial charge in [-0.15, -0.1) is 11.4 Å². The van der Waals surface area contributed by atoms with Gasteiger partial charge in [0.1, 0.15) is 0 Å². The fraction of sp³-hybridized carbons (Fsp3) is 0.391. The van der Waals surface area contributed by atoms with Gasteiger partial charge in [-0.1, -0.05) is 126 Å². The van der Waals surface area contributed by atoms with Gasteiger partial charge in [0.25, 0.3) is 0 Å². The Morgan fingerprint density at radius 1 is 0.385 bits per heavy atom. The van der Waals surface area contributed by atoms with Crippen LogP contribution < -0.4 is 0 Å². The maximum atomic E-state index is 8.01. The average molecular weight is 777 g/mol. The first-order valence-electron chi connectivity index (χ1n) is 18.5. The molecule has 2 aromatic heterocycles. The van der Waals surface area contributed by atoms with Crippen LogP contribution >= 0.6 is 0 Å². The van der Waals surface area contributed by atoms with Gasteiger partial charge < -0.3 is 11.5 Å². The van der Waals surface area contributed by atoms with Crippen molar-refractivity contribution in [2.75, 3.05) is 0 Å². The number of nitrogens with zero attached hydrogens (tertiary/aromatic N) is 3. The van der Waals surface area contributed by atoms with E-state index in [2.05, 4.69) is 151 Å². The largest absolute Gasteiger partial charge is 0.265 e. The van der Waals surface area contributed by atoms with Gasteiger partial charge in [0.15, 0.2) is 0 Å². The molecule has 0 bridgehead atoms. The number of rotatable bonds is 7. The van der Waals surface area contributed by atoms with E-state index in [1.165, 1.54) is 41.4 Å². The smallest absolute Gasteiger partial charge is 0.0267 e. The van der Waals surface area contributed by atoms with E-state index in [-0.39, 0.29) is 0 Å². The molecule has 0 saturated carbocycles. The molecular formula is C46H63N5Zr. The second-order valence-corrected chi connectivity index (χ2v) is 15.0. The molecule has 6 heteroatoms. The van der Waals surface area contributed by atoms with E-state index in [0.29, 0.717) is 35.5 Å². The Kier molecular flexibility index (Phi) is 22.5. The van der Waals surface area contributed by atoms with E-state index in [1.807, 2.05) is 36.4 Å². The van der Waals surface area contributed by atoms with E-state index in [4.69, 9.17) is 11.5 Å². The van der Waals surface area contributed by atoms with Gasteiger partial charge in [-0.05, 0) is 47.9 Å². The van der Waals surface area contributed by atoms with Crippen molar-refractivity contribution in [2.24, 2.45) is 2.87 Å². The zero-order chi connectivity index (χ0) is 39.2. The Hall–Kier alpha value is -3.76. The molecule has 5 aromatic rings. The number of hydrogen-bond acceptors (Lipinski definition) is 3. The van der Waals surface area contributed by atoms with Crippen LogP contribution in [0.2, 0.25) is 0 Å². The Balaban J connectivity index is 0.000000337. The van der Waals surface area contributed by atoms with Crippen LogP contribution in [0.1, 0.15) is 152 Å². The molecule has 0 aliphatic rings. The Labute approximate surface area is 331 Å². The molecule has 5 rings (SSSR count). The summed E-state index contributed by atoms with van der Waals surface area (Å²) < 4.78 is 4.50. The molecule has 2 N–H and O–H groups in total. The molecule has 0 aliphatic carbocycles. The van der Waals surface area contributed by atoms with Gasteiger partial charge in [-0.2, -0.15) is 0 Å². The molecule has 0 unspecified atom stereocenters. The summed E-state index contributed by atoms with van der Waals surface area (Å²) in [5.74, 6) is 2.93. The second-order valence-electron chi connectivity index (χ2n) is 14.5. The molecular weight excluding hydrogens is 714 g/mol. The molecule has 5 nitrogen and oxygen atoms in total. The zero-order valence-corrected chi connectivity index (χ0v) is 36.2.